The van der Waals surface area contributed by atoms with Gasteiger partial charge in [0.1, 0.15) is 17.1 Å². The summed E-state index contributed by atoms with van der Waals surface area (Å²) in [6.07, 6.45) is 0. The molecule has 12 heteroatoms. The molecule has 33 heavy (non-hydrogen) atoms. The number of ether oxygens (including phenoxy) is 3. The van der Waals surface area contributed by atoms with Gasteiger partial charge in [-0.15, -0.1) is 0 Å². The van der Waals surface area contributed by atoms with Gasteiger partial charge in [-0.2, -0.15) is 9.78 Å². The number of methoxy groups -OCH3 is 3. The maximum Gasteiger partial charge on any atom is 0.286 e. The van der Waals surface area contributed by atoms with E-state index in [-0.39, 0.29) is 17.1 Å². The molecular formula is C21H19N5O6S. The molecule has 1 N–H and O–H groups in total. The fourth-order valence-corrected chi connectivity index (χ4v) is 4.19. The summed E-state index contributed by atoms with van der Waals surface area (Å²) in [4.78, 5) is 28.6. The third kappa shape index (κ3) is 4.15. The second kappa shape index (κ2) is 8.74. The van der Waals surface area contributed by atoms with E-state index in [9.17, 15) is 14.9 Å². The molecule has 0 spiro atoms. The Kier molecular flexibility index (Phi) is 5.84. The topological polar surface area (TPSA) is 131 Å². The maximum atomic E-state index is 13.1. The Labute approximate surface area is 191 Å². The molecule has 0 bridgehead atoms. The van der Waals surface area contributed by atoms with E-state index < -0.39 is 16.5 Å². The van der Waals surface area contributed by atoms with Crippen molar-refractivity contribution in [2.24, 2.45) is 0 Å². The molecule has 0 unspecified atom stereocenters. The Bertz CT molecular complexity index is 1380. The largest absolute Gasteiger partial charge is 0.497 e. The highest BCUT2D eigenvalue weighted by molar-refractivity contribution is 7.20. The number of nitro groups is 1. The number of thiazole rings is 1. The number of hydrogen-bond acceptors (Lipinski definition) is 9. The van der Waals surface area contributed by atoms with Crippen LogP contribution in [0.1, 0.15) is 16.1 Å². The molecule has 0 aliphatic heterocycles. The van der Waals surface area contributed by atoms with Crippen molar-refractivity contribution in [1.29, 1.82) is 0 Å². The van der Waals surface area contributed by atoms with Crippen LogP contribution >= 0.6 is 11.3 Å². The third-order valence-electron chi connectivity index (χ3n) is 4.78. The van der Waals surface area contributed by atoms with Gasteiger partial charge in [0.25, 0.3) is 11.6 Å². The summed E-state index contributed by atoms with van der Waals surface area (Å²) in [6.45, 7) is 1.77. The summed E-state index contributed by atoms with van der Waals surface area (Å²) >= 11 is 1.36. The zero-order chi connectivity index (χ0) is 23.7. The van der Waals surface area contributed by atoms with Crippen LogP contribution in [0.15, 0.2) is 36.4 Å². The van der Waals surface area contributed by atoms with Crippen molar-refractivity contribution in [2.75, 3.05) is 26.6 Å². The molecule has 2 aromatic carbocycles. The molecule has 1 amide bonds. The van der Waals surface area contributed by atoms with Crippen molar-refractivity contribution in [1.82, 2.24) is 14.8 Å². The number of anilines is 1. The lowest BCUT2D eigenvalue weighted by Crippen LogP contribution is -2.17. The lowest BCUT2D eigenvalue weighted by atomic mass is 10.1. The first-order chi connectivity index (χ1) is 15.8. The number of aryl methyl sites for hydroxylation is 1. The van der Waals surface area contributed by atoms with Crippen LogP contribution in [-0.4, -0.2) is 46.9 Å². The van der Waals surface area contributed by atoms with Crippen molar-refractivity contribution in [2.45, 2.75) is 6.92 Å². The Morgan fingerprint density at radius 3 is 2.48 bits per heavy atom. The standard InChI is InChI=1S/C21H19N5O6S/c1-11-7-19(25(24-11)21-22-14-6-5-12(30-2)8-18(14)33-21)23-20(27)13-9-16(31-3)17(32-4)10-15(13)26(28)29/h5-10H,1-4H3,(H,23,27). The third-order valence-corrected chi connectivity index (χ3v) is 5.78. The van der Waals surface area contributed by atoms with Crippen LogP contribution in [-0.2, 0) is 0 Å². The summed E-state index contributed by atoms with van der Waals surface area (Å²) in [6, 6.07) is 9.56. The smallest absolute Gasteiger partial charge is 0.286 e. The van der Waals surface area contributed by atoms with Crippen molar-refractivity contribution in [3.63, 3.8) is 0 Å². The average Bonchev–Trinajstić information content (AvgIpc) is 3.39. The van der Waals surface area contributed by atoms with Gasteiger partial charge in [-0.25, -0.2) is 4.98 Å². The van der Waals surface area contributed by atoms with E-state index in [1.54, 1.807) is 26.2 Å². The number of aromatic nitrogens is 3. The normalized spacial score (nSPS) is 10.8. The number of fused-ring (bicyclic) bond motifs is 1. The van der Waals surface area contributed by atoms with Gasteiger partial charge < -0.3 is 19.5 Å². The molecule has 0 radical (unpaired) electrons. The number of amides is 1. The summed E-state index contributed by atoms with van der Waals surface area (Å²) < 4.78 is 17.9. The molecule has 170 valence electrons. The van der Waals surface area contributed by atoms with Gasteiger partial charge >= 0.3 is 0 Å². The lowest BCUT2D eigenvalue weighted by Gasteiger charge is -2.11. The number of rotatable bonds is 7. The Morgan fingerprint density at radius 1 is 1.09 bits per heavy atom. The summed E-state index contributed by atoms with van der Waals surface area (Å²) in [7, 11) is 4.32. The van der Waals surface area contributed by atoms with E-state index >= 15 is 0 Å². The van der Waals surface area contributed by atoms with Gasteiger partial charge in [0.15, 0.2) is 11.5 Å². The highest BCUT2D eigenvalue weighted by atomic mass is 32.1. The summed E-state index contributed by atoms with van der Waals surface area (Å²) in [5, 5.41) is 19.2. The number of carbonyl (C=O) groups excluding carboxylic acids is 1. The summed E-state index contributed by atoms with van der Waals surface area (Å²) in [5.74, 6) is 0.646. The number of nitro benzene ring substituents is 1. The number of benzene rings is 2. The SMILES string of the molecule is COc1ccc2nc(-n3nc(C)cc3NC(=O)c3cc(OC)c(OC)cc3[N+](=O)[O-])sc2c1. The molecule has 0 atom stereocenters. The van der Waals surface area contributed by atoms with Crippen LogP contribution in [0.25, 0.3) is 15.3 Å². The monoisotopic (exact) mass is 469 g/mol. The highest BCUT2D eigenvalue weighted by Gasteiger charge is 2.26. The second-order valence-electron chi connectivity index (χ2n) is 6.85. The van der Waals surface area contributed by atoms with Crippen LogP contribution in [0.4, 0.5) is 11.5 Å². The molecule has 4 aromatic rings. The minimum atomic E-state index is -0.702. The molecular weight excluding hydrogens is 450 g/mol. The molecule has 0 aliphatic carbocycles. The first kappa shape index (κ1) is 22.0. The van der Waals surface area contributed by atoms with Crippen LogP contribution in [0.2, 0.25) is 0 Å². The average molecular weight is 469 g/mol. The van der Waals surface area contributed by atoms with E-state index in [1.165, 1.54) is 36.3 Å². The molecule has 0 fully saturated rings. The first-order valence-corrected chi connectivity index (χ1v) is 10.4. The van der Waals surface area contributed by atoms with Crippen molar-refractivity contribution < 1.29 is 23.9 Å². The highest BCUT2D eigenvalue weighted by Crippen LogP contribution is 2.35. The second-order valence-corrected chi connectivity index (χ2v) is 7.86. The fraction of sp³-hybridized carbons (Fsp3) is 0.190. The fourth-order valence-electron chi connectivity index (χ4n) is 3.23. The molecule has 0 saturated heterocycles. The summed E-state index contributed by atoms with van der Waals surface area (Å²) in [5.41, 5.74) is 0.776. The maximum absolute atomic E-state index is 13.1. The number of hydrogen-bond donors (Lipinski definition) is 1. The van der Waals surface area contributed by atoms with Crippen LogP contribution in [0.3, 0.4) is 0 Å². The van der Waals surface area contributed by atoms with E-state index in [0.29, 0.717) is 22.4 Å². The minimum absolute atomic E-state index is 0.145. The number of nitrogens with one attached hydrogen (secondary N) is 1. The lowest BCUT2D eigenvalue weighted by molar-refractivity contribution is -0.385. The predicted molar refractivity (Wildman–Crippen MR) is 122 cm³/mol. The first-order valence-electron chi connectivity index (χ1n) is 9.58. The van der Waals surface area contributed by atoms with Crippen molar-refractivity contribution in [3.8, 4) is 22.4 Å². The molecule has 2 heterocycles. The number of nitrogens with zero attached hydrogens (tertiary/aromatic N) is 4. The van der Waals surface area contributed by atoms with E-state index in [4.69, 9.17) is 14.2 Å². The minimum Gasteiger partial charge on any atom is -0.497 e. The van der Waals surface area contributed by atoms with E-state index in [0.717, 1.165) is 16.3 Å². The molecule has 2 aromatic heterocycles. The molecule has 11 nitrogen and oxygen atoms in total. The zero-order valence-corrected chi connectivity index (χ0v) is 18.9. The van der Waals surface area contributed by atoms with Crippen molar-refractivity contribution >= 4 is 39.0 Å². The van der Waals surface area contributed by atoms with Crippen LogP contribution in [0.5, 0.6) is 17.2 Å². The van der Waals surface area contributed by atoms with Crippen molar-refractivity contribution in [3.05, 3.63) is 57.8 Å². The van der Waals surface area contributed by atoms with E-state index in [1.807, 2.05) is 12.1 Å². The Balaban J connectivity index is 1.73. The number of carbonyl (C=O) groups is 1. The van der Waals surface area contributed by atoms with Gasteiger partial charge in [0.2, 0.25) is 5.13 Å². The van der Waals surface area contributed by atoms with Gasteiger partial charge in [-0.1, -0.05) is 11.3 Å². The molecule has 0 aliphatic rings. The molecule has 0 saturated carbocycles. The van der Waals surface area contributed by atoms with Crippen LogP contribution < -0.4 is 19.5 Å². The molecule has 4 rings (SSSR count). The van der Waals surface area contributed by atoms with Gasteiger partial charge in [0, 0.05) is 12.1 Å². The van der Waals surface area contributed by atoms with Gasteiger partial charge in [-0.05, 0) is 25.1 Å². The van der Waals surface area contributed by atoms with Gasteiger partial charge in [-0.3, -0.25) is 14.9 Å². The van der Waals surface area contributed by atoms with Gasteiger partial charge in [0.05, 0.1) is 48.2 Å². The Morgan fingerprint density at radius 2 is 1.82 bits per heavy atom. The van der Waals surface area contributed by atoms with Crippen LogP contribution in [0, 0.1) is 17.0 Å². The predicted octanol–water partition coefficient (Wildman–Crippen LogP) is 3.98. The quantitative estimate of drug-likeness (QED) is 0.318. The van der Waals surface area contributed by atoms with E-state index in [2.05, 4.69) is 15.4 Å². The zero-order valence-electron chi connectivity index (χ0n) is 18.1. The Hall–Kier alpha value is -4.19.